The van der Waals surface area contributed by atoms with E-state index in [1.54, 1.807) is 18.4 Å². The monoisotopic (exact) mass is 248 g/mol. The van der Waals surface area contributed by atoms with Gasteiger partial charge in [0.05, 0.1) is 13.7 Å². The van der Waals surface area contributed by atoms with Gasteiger partial charge in [-0.3, -0.25) is 0 Å². The third kappa shape index (κ3) is 2.87. The number of para-hydroxylation sites is 1. The average molecular weight is 248 g/mol. The van der Waals surface area contributed by atoms with Crippen molar-refractivity contribution in [2.75, 3.05) is 13.7 Å². The first-order valence-corrected chi connectivity index (χ1v) is 6.49. The van der Waals surface area contributed by atoms with Crippen molar-refractivity contribution in [2.24, 2.45) is 0 Å². The average Bonchev–Trinajstić information content (AvgIpc) is 2.89. The molecule has 0 aliphatic rings. The molecule has 3 heteroatoms. The molecule has 2 aromatic rings. The van der Waals surface area contributed by atoms with Gasteiger partial charge in [0.2, 0.25) is 0 Å². The first kappa shape index (κ1) is 12.1. The Bertz CT molecular complexity index is 451. The van der Waals surface area contributed by atoms with Crippen LogP contribution in [-0.2, 0) is 6.42 Å². The zero-order valence-electron chi connectivity index (χ0n) is 9.80. The molecule has 0 saturated heterocycles. The molecule has 1 unspecified atom stereocenters. The molecule has 1 aromatic heterocycles. The zero-order valence-corrected chi connectivity index (χ0v) is 10.6. The molecule has 1 aromatic carbocycles. The van der Waals surface area contributed by atoms with Crippen LogP contribution in [0.25, 0.3) is 0 Å². The predicted octanol–water partition coefficient (Wildman–Crippen LogP) is 3.08. The fraction of sp³-hybridized carbons (Fsp3) is 0.286. The maximum absolute atomic E-state index is 9.55. The third-order valence-electron chi connectivity index (χ3n) is 2.83. The first-order chi connectivity index (χ1) is 8.35. The van der Waals surface area contributed by atoms with Crippen molar-refractivity contribution >= 4 is 11.3 Å². The molecule has 1 N–H and O–H groups in total. The summed E-state index contributed by atoms with van der Waals surface area (Å²) in [5, 5.41) is 11.6. The van der Waals surface area contributed by atoms with Crippen molar-refractivity contribution in [1.82, 2.24) is 0 Å². The molecule has 1 atom stereocenters. The lowest BCUT2D eigenvalue weighted by Gasteiger charge is -2.16. The summed E-state index contributed by atoms with van der Waals surface area (Å²) >= 11 is 1.72. The third-order valence-corrected chi connectivity index (χ3v) is 3.73. The fourth-order valence-corrected chi connectivity index (χ4v) is 2.73. The van der Waals surface area contributed by atoms with Crippen molar-refractivity contribution in [3.8, 4) is 5.75 Å². The lowest BCUT2D eigenvalue weighted by atomic mass is 9.95. The molecular weight excluding hydrogens is 232 g/mol. The van der Waals surface area contributed by atoms with Gasteiger partial charge in [0.1, 0.15) is 5.75 Å². The number of ether oxygens (including phenoxy) is 1. The van der Waals surface area contributed by atoms with E-state index >= 15 is 0 Å². The molecule has 17 heavy (non-hydrogen) atoms. The van der Waals surface area contributed by atoms with Crippen LogP contribution in [0.15, 0.2) is 41.8 Å². The molecular formula is C14H16O2S. The molecule has 2 nitrogen and oxygen atoms in total. The van der Waals surface area contributed by atoms with Gasteiger partial charge in [0.15, 0.2) is 0 Å². The number of thiophene rings is 1. The van der Waals surface area contributed by atoms with E-state index in [0.717, 1.165) is 17.7 Å². The van der Waals surface area contributed by atoms with Gasteiger partial charge < -0.3 is 9.84 Å². The molecule has 0 aliphatic heterocycles. The van der Waals surface area contributed by atoms with E-state index in [2.05, 4.69) is 11.4 Å². The Morgan fingerprint density at radius 1 is 1.24 bits per heavy atom. The summed E-state index contributed by atoms with van der Waals surface area (Å²) in [7, 11) is 1.67. The Morgan fingerprint density at radius 3 is 2.71 bits per heavy atom. The Hall–Kier alpha value is -1.32. The van der Waals surface area contributed by atoms with Crippen LogP contribution >= 0.6 is 11.3 Å². The first-order valence-electron chi connectivity index (χ1n) is 5.61. The SMILES string of the molecule is COc1ccccc1C(CO)Cc1cccs1. The van der Waals surface area contributed by atoms with Gasteiger partial charge in [-0.25, -0.2) is 0 Å². The minimum absolute atomic E-state index is 0.102. The second-order valence-electron chi connectivity index (χ2n) is 3.90. The van der Waals surface area contributed by atoms with E-state index in [0.29, 0.717) is 0 Å². The molecule has 0 aliphatic carbocycles. The predicted molar refractivity (Wildman–Crippen MR) is 70.8 cm³/mol. The molecule has 0 saturated carbocycles. The van der Waals surface area contributed by atoms with E-state index in [1.165, 1.54) is 4.88 Å². The summed E-state index contributed by atoms with van der Waals surface area (Å²) in [5.74, 6) is 0.952. The molecule has 0 amide bonds. The second kappa shape index (κ2) is 5.84. The summed E-state index contributed by atoms with van der Waals surface area (Å²) < 4.78 is 5.34. The summed E-state index contributed by atoms with van der Waals surface area (Å²) in [5.41, 5.74) is 1.07. The van der Waals surface area contributed by atoms with Gasteiger partial charge in [-0.15, -0.1) is 11.3 Å². The largest absolute Gasteiger partial charge is 0.496 e. The summed E-state index contributed by atoms with van der Waals surface area (Å²) in [4.78, 5) is 1.29. The molecule has 90 valence electrons. The zero-order chi connectivity index (χ0) is 12.1. The standard InChI is InChI=1S/C14H16O2S/c1-16-14-7-3-2-6-13(14)11(10-15)9-12-5-4-8-17-12/h2-8,11,15H,9-10H2,1H3. The topological polar surface area (TPSA) is 29.5 Å². The van der Waals surface area contributed by atoms with E-state index in [1.807, 2.05) is 30.3 Å². The Kier molecular flexibility index (Phi) is 4.18. The lowest BCUT2D eigenvalue weighted by Crippen LogP contribution is -2.08. The van der Waals surface area contributed by atoms with Crippen LogP contribution in [-0.4, -0.2) is 18.8 Å². The number of methoxy groups -OCH3 is 1. The number of benzene rings is 1. The van der Waals surface area contributed by atoms with Gasteiger partial charge in [0.25, 0.3) is 0 Å². The molecule has 0 spiro atoms. The summed E-state index contributed by atoms with van der Waals surface area (Å²) in [6.45, 7) is 0.137. The normalized spacial score (nSPS) is 12.4. The van der Waals surface area contributed by atoms with E-state index in [4.69, 9.17) is 4.74 Å². The van der Waals surface area contributed by atoms with Crippen LogP contribution in [0.2, 0.25) is 0 Å². The number of aliphatic hydroxyl groups excluding tert-OH is 1. The smallest absolute Gasteiger partial charge is 0.122 e. The highest BCUT2D eigenvalue weighted by atomic mass is 32.1. The van der Waals surface area contributed by atoms with Crippen LogP contribution in [0, 0.1) is 0 Å². The molecule has 0 radical (unpaired) electrons. The molecule has 2 rings (SSSR count). The van der Waals surface area contributed by atoms with Crippen LogP contribution in [0.1, 0.15) is 16.4 Å². The maximum atomic E-state index is 9.55. The highest BCUT2D eigenvalue weighted by molar-refractivity contribution is 7.09. The fourth-order valence-electron chi connectivity index (χ4n) is 1.95. The Labute approximate surface area is 105 Å². The van der Waals surface area contributed by atoms with Crippen LogP contribution in [0.4, 0.5) is 0 Å². The second-order valence-corrected chi connectivity index (χ2v) is 4.94. The summed E-state index contributed by atoms with van der Waals surface area (Å²) in [6, 6.07) is 12.0. The van der Waals surface area contributed by atoms with Crippen LogP contribution in [0.5, 0.6) is 5.75 Å². The van der Waals surface area contributed by atoms with Gasteiger partial charge in [-0.1, -0.05) is 24.3 Å². The minimum atomic E-state index is 0.102. The number of rotatable bonds is 5. The Balaban J connectivity index is 2.22. The van der Waals surface area contributed by atoms with E-state index in [-0.39, 0.29) is 12.5 Å². The van der Waals surface area contributed by atoms with Crippen molar-refractivity contribution < 1.29 is 9.84 Å². The number of hydrogen-bond donors (Lipinski definition) is 1. The van der Waals surface area contributed by atoms with Crippen molar-refractivity contribution in [1.29, 1.82) is 0 Å². The van der Waals surface area contributed by atoms with Crippen LogP contribution in [0.3, 0.4) is 0 Å². The summed E-state index contributed by atoms with van der Waals surface area (Å²) in [6.07, 6.45) is 0.856. The lowest BCUT2D eigenvalue weighted by molar-refractivity contribution is 0.261. The van der Waals surface area contributed by atoms with E-state index in [9.17, 15) is 5.11 Å². The quantitative estimate of drug-likeness (QED) is 0.881. The Morgan fingerprint density at radius 2 is 2.06 bits per heavy atom. The van der Waals surface area contributed by atoms with Crippen molar-refractivity contribution in [3.63, 3.8) is 0 Å². The molecule has 0 fully saturated rings. The van der Waals surface area contributed by atoms with E-state index < -0.39 is 0 Å². The van der Waals surface area contributed by atoms with Crippen molar-refractivity contribution in [3.05, 3.63) is 52.2 Å². The van der Waals surface area contributed by atoms with Crippen molar-refractivity contribution in [2.45, 2.75) is 12.3 Å². The minimum Gasteiger partial charge on any atom is -0.496 e. The van der Waals surface area contributed by atoms with Gasteiger partial charge in [0, 0.05) is 10.8 Å². The molecule has 1 heterocycles. The van der Waals surface area contributed by atoms with Gasteiger partial charge in [-0.2, -0.15) is 0 Å². The van der Waals surface area contributed by atoms with Gasteiger partial charge >= 0.3 is 0 Å². The highest BCUT2D eigenvalue weighted by Gasteiger charge is 2.15. The number of hydrogen-bond acceptors (Lipinski definition) is 3. The highest BCUT2D eigenvalue weighted by Crippen LogP contribution is 2.29. The van der Waals surface area contributed by atoms with Gasteiger partial charge in [-0.05, 0) is 29.5 Å². The van der Waals surface area contributed by atoms with Crippen LogP contribution < -0.4 is 4.74 Å². The maximum Gasteiger partial charge on any atom is 0.122 e. The number of aliphatic hydroxyl groups is 1. The molecule has 0 bridgehead atoms.